The highest BCUT2D eigenvalue weighted by atomic mass is 19.4. The molecular formula is C6H11F3N2. The summed E-state index contributed by atoms with van der Waals surface area (Å²) < 4.78 is 36.0. The van der Waals surface area contributed by atoms with Crippen LogP contribution in [0.4, 0.5) is 13.2 Å². The summed E-state index contributed by atoms with van der Waals surface area (Å²) >= 11 is 0. The lowest BCUT2D eigenvalue weighted by molar-refractivity contribution is -0.212. The summed E-state index contributed by atoms with van der Waals surface area (Å²) in [6, 6.07) is 0. The zero-order valence-corrected chi connectivity index (χ0v) is 5.99. The Kier molecular flexibility index (Phi) is 2.39. The van der Waals surface area contributed by atoms with E-state index in [4.69, 9.17) is 5.84 Å². The largest absolute Gasteiger partial charge is 0.392 e. The Morgan fingerprint density at radius 3 is 2.27 bits per heavy atom. The summed E-state index contributed by atoms with van der Waals surface area (Å²) in [6.45, 7) is 0.268. The van der Waals surface area contributed by atoms with E-state index in [0.29, 0.717) is 6.42 Å². The molecule has 0 amide bonds. The first-order valence-corrected chi connectivity index (χ1v) is 3.56. The van der Waals surface area contributed by atoms with Crippen LogP contribution in [0, 0.1) is 11.8 Å². The topological polar surface area (TPSA) is 38.0 Å². The van der Waals surface area contributed by atoms with E-state index in [1.54, 1.807) is 0 Å². The van der Waals surface area contributed by atoms with Gasteiger partial charge in [-0.3, -0.25) is 11.3 Å². The van der Waals surface area contributed by atoms with Gasteiger partial charge in [-0.2, -0.15) is 13.2 Å². The van der Waals surface area contributed by atoms with Crippen LogP contribution in [0.3, 0.4) is 0 Å². The van der Waals surface area contributed by atoms with Crippen molar-refractivity contribution in [3.63, 3.8) is 0 Å². The molecule has 0 aromatic rings. The third-order valence-electron chi connectivity index (χ3n) is 2.22. The lowest BCUT2D eigenvalue weighted by Gasteiger charge is -2.37. The average molecular weight is 168 g/mol. The van der Waals surface area contributed by atoms with E-state index in [1.165, 1.54) is 0 Å². The Labute approximate surface area is 62.9 Å². The van der Waals surface area contributed by atoms with Crippen LogP contribution in [-0.2, 0) is 0 Å². The molecule has 1 rings (SSSR count). The van der Waals surface area contributed by atoms with Gasteiger partial charge in [0, 0.05) is 6.54 Å². The van der Waals surface area contributed by atoms with Gasteiger partial charge in [-0.15, -0.1) is 0 Å². The minimum Gasteiger partial charge on any atom is -0.271 e. The lowest BCUT2D eigenvalue weighted by atomic mass is 9.73. The predicted molar refractivity (Wildman–Crippen MR) is 34.5 cm³/mol. The highest BCUT2D eigenvalue weighted by Crippen LogP contribution is 2.44. The molecule has 2 unspecified atom stereocenters. The minimum atomic E-state index is -4.03. The van der Waals surface area contributed by atoms with Gasteiger partial charge in [0.1, 0.15) is 0 Å². The maximum absolute atomic E-state index is 12.0. The van der Waals surface area contributed by atoms with Gasteiger partial charge in [-0.05, 0) is 18.8 Å². The van der Waals surface area contributed by atoms with E-state index >= 15 is 0 Å². The van der Waals surface area contributed by atoms with Crippen molar-refractivity contribution in [2.24, 2.45) is 17.7 Å². The van der Waals surface area contributed by atoms with Crippen LogP contribution in [0.5, 0.6) is 0 Å². The van der Waals surface area contributed by atoms with Crippen molar-refractivity contribution in [1.29, 1.82) is 0 Å². The quantitative estimate of drug-likeness (QED) is 0.477. The van der Waals surface area contributed by atoms with Gasteiger partial charge < -0.3 is 0 Å². The summed E-state index contributed by atoms with van der Waals surface area (Å²) in [5.74, 6) is 3.50. The number of rotatable bonds is 2. The average Bonchev–Trinajstić information content (AvgIpc) is 1.75. The molecule has 0 aliphatic heterocycles. The van der Waals surface area contributed by atoms with Gasteiger partial charge >= 0.3 is 6.18 Å². The number of halogens is 3. The Morgan fingerprint density at radius 1 is 1.36 bits per heavy atom. The van der Waals surface area contributed by atoms with Crippen LogP contribution in [0.15, 0.2) is 0 Å². The third-order valence-corrected chi connectivity index (χ3v) is 2.22. The maximum Gasteiger partial charge on any atom is 0.392 e. The molecule has 2 nitrogen and oxygen atoms in total. The van der Waals surface area contributed by atoms with Crippen LogP contribution in [0.2, 0.25) is 0 Å². The second-order valence-electron chi connectivity index (χ2n) is 2.89. The van der Waals surface area contributed by atoms with E-state index in [2.05, 4.69) is 5.43 Å². The Bertz CT molecular complexity index is 134. The molecule has 66 valence electrons. The molecule has 1 fully saturated rings. The Hall–Kier alpha value is -0.290. The van der Waals surface area contributed by atoms with Crippen molar-refractivity contribution in [1.82, 2.24) is 5.43 Å². The van der Waals surface area contributed by atoms with Gasteiger partial charge in [-0.1, -0.05) is 0 Å². The molecule has 1 saturated carbocycles. The Balaban J connectivity index is 2.37. The molecule has 0 radical (unpaired) electrons. The van der Waals surface area contributed by atoms with E-state index in [-0.39, 0.29) is 18.9 Å². The number of nitrogens with two attached hydrogens (primary N) is 1. The van der Waals surface area contributed by atoms with Gasteiger partial charge in [0.15, 0.2) is 0 Å². The van der Waals surface area contributed by atoms with Crippen molar-refractivity contribution >= 4 is 0 Å². The van der Waals surface area contributed by atoms with Gasteiger partial charge in [0.2, 0.25) is 0 Å². The highest BCUT2D eigenvalue weighted by Gasteiger charge is 2.49. The second kappa shape index (κ2) is 2.98. The van der Waals surface area contributed by atoms with Crippen molar-refractivity contribution in [3.05, 3.63) is 0 Å². The predicted octanol–water partition coefficient (Wildman–Crippen LogP) is 1.04. The maximum atomic E-state index is 12.0. The highest BCUT2D eigenvalue weighted by molar-refractivity contribution is 4.86. The SMILES string of the molecule is NNCC1CCC1C(F)(F)F. The fourth-order valence-electron chi connectivity index (χ4n) is 1.40. The normalized spacial score (nSPS) is 31.6. The summed E-state index contributed by atoms with van der Waals surface area (Å²) in [6.07, 6.45) is -3.13. The molecule has 0 bridgehead atoms. The number of hydrogen-bond donors (Lipinski definition) is 2. The van der Waals surface area contributed by atoms with Crippen LogP contribution < -0.4 is 11.3 Å². The van der Waals surface area contributed by atoms with Crippen LogP contribution >= 0.6 is 0 Å². The number of hydrogen-bond acceptors (Lipinski definition) is 2. The number of hydrazine groups is 1. The monoisotopic (exact) mass is 168 g/mol. The number of alkyl halides is 3. The van der Waals surface area contributed by atoms with Gasteiger partial charge in [0.05, 0.1) is 5.92 Å². The lowest BCUT2D eigenvalue weighted by Crippen LogP contribution is -2.44. The molecule has 0 heterocycles. The smallest absolute Gasteiger partial charge is 0.271 e. The van der Waals surface area contributed by atoms with Crippen LogP contribution in [-0.4, -0.2) is 12.7 Å². The zero-order chi connectivity index (χ0) is 8.48. The van der Waals surface area contributed by atoms with Gasteiger partial charge in [0.25, 0.3) is 0 Å². The van der Waals surface area contributed by atoms with E-state index in [9.17, 15) is 13.2 Å². The number of nitrogens with one attached hydrogen (secondary N) is 1. The molecule has 2 atom stereocenters. The van der Waals surface area contributed by atoms with Crippen molar-refractivity contribution < 1.29 is 13.2 Å². The Morgan fingerprint density at radius 2 is 2.00 bits per heavy atom. The molecule has 3 N–H and O–H groups in total. The first-order valence-electron chi connectivity index (χ1n) is 3.56. The standard InChI is InChI=1S/C6H11F3N2/c7-6(8,9)5-2-1-4(5)3-11-10/h4-5,11H,1-3,10H2. The molecule has 1 aliphatic rings. The third kappa shape index (κ3) is 1.84. The first kappa shape index (κ1) is 8.80. The first-order chi connectivity index (χ1) is 5.05. The fourth-order valence-corrected chi connectivity index (χ4v) is 1.40. The van der Waals surface area contributed by atoms with Crippen molar-refractivity contribution in [2.45, 2.75) is 19.0 Å². The molecular weight excluding hydrogens is 157 g/mol. The molecule has 0 aromatic heterocycles. The molecule has 11 heavy (non-hydrogen) atoms. The molecule has 0 spiro atoms. The van der Waals surface area contributed by atoms with Crippen LogP contribution in [0.1, 0.15) is 12.8 Å². The van der Waals surface area contributed by atoms with E-state index in [1.807, 2.05) is 0 Å². The van der Waals surface area contributed by atoms with E-state index in [0.717, 1.165) is 0 Å². The van der Waals surface area contributed by atoms with E-state index < -0.39 is 12.1 Å². The summed E-state index contributed by atoms with van der Waals surface area (Å²) in [4.78, 5) is 0. The summed E-state index contributed by atoms with van der Waals surface area (Å²) in [5.41, 5.74) is 2.27. The molecule has 0 saturated heterocycles. The van der Waals surface area contributed by atoms with Crippen molar-refractivity contribution in [3.8, 4) is 0 Å². The fraction of sp³-hybridized carbons (Fsp3) is 1.00. The second-order valence-corrected chi connectivity index (χ2v) is 2.89. The summed E-state index contributed by atoms with van der Waals surface area (Å²) in [7, 11) is 0. The zero-order valence-electron chi connectivity index (χ0n) is 5.99. The molecule has 1 aliphatic carbocycles. The van der Waals surface area contributed by atoms with Crippen LogP contribution in [0.25, 0.3) is 0 Å². The molecule has 0 aromatic carbocycles. The molecule has 5 heteroatoms. The minimum absolute atomic E-state index is 0.260. The van der Waals surface area contributed by atoms with Crippen molar-refractivity contribution in [2.75, 3.05) is 6.54 Å². The van der Waals surface area contributed by atoms with Gasteiger partial charge in [-0.25, -0.2) is 0 Å². The summed E-state index contributed by atoms with van der Waals surface area (Å²) in [5, 5.41) is 0.